The van der Waals surface area contributed by atoms with Crippen molar-refractivity contribution < 1.29 is 9.90 Å². The second-order valence-electron chi connectivity index (χ2n) is 8.60. The predicted octanol–water partition coefficient (Wildman–Crippen LogP) is 2.60. The summed E-state index contributed by atoms with van der Waals surface area (Å²) in [6, 6.07) is 0. The van der Waals surface area contributed by atoms with Crippen LogP contribution in [0.5, 0.6) is 0 Å². The molecular weight excluding hydrogens is 298 g/mol. The lowest BCUT2D eigenvalue weighted by Crippen LogP contribution is -2.63. The van der Waals surface area contributed by atoms with Crippen molar-refractivity contribution in [2.45, 2.75) is 57.1 Å². The molecule has 0 bridgehead atoms. The number of hydrogen-bond acceptors (Lipinski definition) is 3. The maximum absolute atomic E-state index is 11.9. The van der Waals surface area contributed by atoms with E-state index in [0.29, 0.717) is 24.2 Å². The smallest absolute Gasteiger partial charge is 0.155 e. The summed E-state index contributed by atoms with van der Waals surface area (Å²) in [6.45, 7) is 2.22. The lowest BCUT2D eigenvalue weighted by Gasteiger charge is -2.61. The standard InChI is InChI=1S/C21H27NO2/c1-3-13-11-14-12-15(23)7-10-21(14,22)17-8-9-20(2)16(19(13)17)5-4-6-18(20)24/h1,4,6,12-13,16-19,24H,5,7-11,22H2,2H3. The summed E-state index contributed by atoms with van der Waals surface area (Å²) in [5.41, 5.74) is 7.53. The first-order valence-corrected chi connectivity index (χ1v) is 9.24. The number of fused-ring (bicyclic) bond motifs is 5. The third-order valence-corrected chi connectivity index (χ3v) is 7.65. The van der Waals surface area contributed by atoms with E-state index in [1.54, 1.807) is 6.08 Å². The first-order valence-electron chi connectivity index (χ1n) is 9.24. The third-order valence-electron chi connectivity index (χ3n) is 7.65. The zero-order chi connectivity index (χ0) is 17.1. The van der Waals surface area contributed by atoms with Gasteiger partial charge in [-0.3, -0.25) is 4.79 Å². The Kier molecular flexibility index (Phi) is 3.57. The number of rotatable bonds is 0. The zero-order valence-corrected chi connectivity index (χ0v) is 14.4. The van der Waals surface area contributed by atoms with E-state index in [9.17, 15) is 9.90 Å². The van der Waals surface area contributed by atoms with Crippen LogP contribution in [-0.2, 0) is 4.79 Å². The summed E-state index contributed by atoms with van der Waals surface area (Å²) in [7, 11) is 0. The maximum Gasteiger partial charge on any atom is 0.155 e. The van der Waals surface area contributed by atoms with E-state index in [1.165, 1.54) is 0 Å². The Balaban J connectivity index is 1.79. The summed E-state index contributed by atoms with van der Waals surface area (Å²) in [4.78, 5) is 11.9. The van der Waals surface area contributed by atoms with Crippen LogP contribution >= 0.6 is 0 Å². The Hall–Kier alpha value is -1.37. The molecule has 0 saturated heterocycles. The van der Waals surface area contributed by atoms with Crippen molar-refractivity contribution in [1.82, 2.24) is 0 Å². The van der Waals surface area contributed by atoms with Crippen LogP contribution in [0, 0.1) is 41.4 Å². The Morgan fingerprint density at radius 3 is 2.92 bits per heavy atom. The normalized spacial score (nSPS) is 50.2. The van der Waals surface area contributed by atoms with Crippen LogP contribution in [0.1, 0.15) is 45.4 Å². The molecule has 0 aromatic rings. The number of allylic oxidation sites excluding steroid dienone is 2. The monoisotopic (exact) mass is 325 g/mol. The molecule has 0 aromatic heterocycles. The minimum absolute atomic E-state index is 0.104. The average Bonchev–Trinajstić information content (AvgIpc) is 2.56. The Morgan fingerprint density at radius 2 is 2.17 bits per heavy atom. The molecule has 4 aliphatic carbocycles. The number of ketones is 1. The molecular formula is C21H27NO2. The summed E-state index contributed by atoms with van der Waals surface area (Å²) in [5, 5.41) is 10.6. The van der Waals surface area contributed by atoms with E-state index in [4.69, 9.17) is 12.2 Å². The van der Waals surface area contributed by atoms with Gasteiger partial charge < -0.3 is 10.8 Å². The van der Waals surface area contributed by atoms with Gasteiger partial charge in [0.05, 0.1) is 6.10 Å². The first-order chi connectivity index (χ1) is 11.4. The van der Waals surface area contributed by atoms with Gasteiger partial charge >= 0.3 is 0 Å². The number of carbonyl (C=O) groups is 1. The molecule has 3 N–H and O–H groups in total. The van der Waals surface area contributed by atoms with Crippen LogP contribution in [0.25, 0.3) is 0 Å². The molecule has 2 fully saturated rings. The summed E-state index contributed by atoms with van der Waals surface area (Å²) < 4.78 is 0. The number of aliphatic hydroxyl groups is 1. The molecule has 4 rings (SSSR count). The van der Waals surface area contributed by atoms with Crippen molar-refractivity contribution in [1.29, 1.82) is 0 Å². The fraction of sp³-hybridized carbons (Fsp3) is 0.667. The van der Waals surface area contributed by atoms with Crippen LogP contribution < -0.4 is 5.73 Å². The average molecular weight is 325 g/mol. The van der Waals surface area contributed by atoms with Crippen molar-refractivity contribution in [3.05, 3.63) is 23.8 Å². The van der Waals surface area contributed by atoms with E-state index in [2.05, 4.69) is 18.9 Å². The molecule has 0 aromatic carbocycles. The van der Waals surface area contributed by atoms with Crippen LogP contribution in [-0.4, -0.2) is 22.5 Å². The summed E-state index contributed by atoms with van der Waals surface area (Å²) >= 11 is 0. The van der Waals surface area contributed by atoms with Crippen molar-refractivity contribution in [2.24, 2.45) is 34.8 Å². The molecule has 0 aliphatic heterocycles. The molecule has 0 amide bonds. The third kappa shape index (κ3) is 2.03. The van der Waals surface area contributed by atoms with Crippen LogP contribution in [0.4, 0.5) is 0 Å². The van der Waals surface area contributed by atoms with Gasteiger partial charge in [-0.1, -0.05) is 19.1 Å². The lowest BCUT2D eigenvalue weighted by molar-refractivity contribution is -0.118. The summed E-state index contributed by atoms with van der Waals surface area (Å²) in [6.07, 6.45) is 16.4. The lowest BCUT2D eigenvalue weighted by atomic mass is 9.45. The largest absolute Gasteiger partial charge is 0.388 e. The summed E-state index contributed by atoms with van der Waals surface area (Å²) in [5.74, 6) is 4.36. The Labute approximate surface area is 144 Å². The Morgan fingerprint density at radius 1 is 1.38 bits per heavy atom. The first kappa shape index (κ1) is 16.1. The highest BCUT2D eigenvalue weighted by molar-refractivity contribution is 5.92. The second-order valence-corrected chi connectivity index (χ2v) is 8.60. The fourth-order valence-electron chi connectivity index (χ4n) is 6.20. The van der Waals surface area contributed by atoms with Crippen LogP contribution in [0.2, 0.25) is 0 Å². The van der Waals surface area contributed by atoms with Crippen LogP contribution in [0.3, 0.4) is 0 Å². The van der Waals surface area contributed by atoms with E-state index in [0.717, 1.165) is 37.7 Å². The topological polar surface area (TPSA) is 63.3 Å². The molecule has 0 radical (unpaired) electrons. The molecule has 0 heterocycles. The van der Waals surface area contributed by atoms with Gasteiger partial charge in [-0.2, -0.15) is 0 Å². The highest BCUT2D eigenvalue weighted by Gasteiger charge is 2.59. The van der Waals surface area contributed by atoms with Crippen LogP contribution in [0.15, 0.2) is 23.8 Å². The Bertz CT molecular complexity index is 672. The molecule has 7 atom stereocenters. The van der Waals surface area contributed by atoms with Gasteiger partial charge in [-0.15, -0.1) is 12.3 Å². The minimum atomic E-state index is -0.394. The highest BCUT2D eigenvalue weighted by atomic mass is 16.3. The minimum Gasteiger partial charge on any atom is -0.388 e. The number of aliphatic hydroxyl groups excluding tert-OH is 1. The predicted molar refractivity (Wildman–Crippen MR) is 93.8 cm³/mol. The van der Waals surface area contributed by atoms with E-state index >= 15 is 0 Å². The fourth-order valence-corrected chi connectivity index (χ4v) is 6.20. The van der Waals surface area contributed by atoms with Crippen molar-refractivity contribution >= 4 is 5.78 Å². The molecule has 3 heteroatoms. The number of terminal acetylenes is 1. The van der Waals surface area contributed by atoms with Gasteiger partial charge in [0.25, 0.3) is 0 Å². The van der Waals surface area contributed by atoms with Crippen molar-refractivity contribution in [3.63, 3.8) is 0 Å². The maximum atomic E-state index is 11.9. The van der Waals surface area contributed by atoms with E-state index in [1.807, 2.05) is 6.08 Å². The second kappa shape index (κ2) is 5.31. The quantitative estimate of drug-likeness (QED) is 0.531. The van der Waals surface area contributed by atoms with Gasteiger partial charge in [-0.05, 0) is 61.5 Å². The van der Waals surface area contributed by atoms with Gasteiger partial charge in [0.2, 0.25) is 0 Å². The zero-order valence-electron chi connectivity index (χ0n) is 14.4. The van der Waals surface area contributed by atoms with Crippen molar-refractivity contribution in [3.8, 4) is 12.3 Å². The molecule has 7 unspecified atom stereocenters. The van der Waals surface area contributed by atoms with Crippen molar-refractivity contribution in [2.75, 3.05) is 0 Å². The number of nitrogens with two attached hydrogens (primary N) is 1. The van der Waals surface area contributed by atoms with Gasteiger partial charge in [-0.25, -0.2) is 0 Å². The molecule has 3 nitrogen and oxygen atoms in total. The van der Waals surface area contributed by atoms with E-state index in [-0.39, 0.29) is 22.7 Å². The molecule has 24 heavy (non-hydrogen) atoms. The van der Waals surface area contributed by atoms with Gasteiger partial charge in [0, 0.05) is 23.3 Å². The molecule has 0 spiro atoms. The molecule has 4 aliphatic rings. The molecule has 128 valence electrons. The SMILES string of the molecule is C#CC1CC2=CC(=O)CCC2(N)C2CCC3(C)C(O)C=CCC3C12. The van der Waals surface area contributed by atoms with Gasteiger partial charge in [0.1, 0.15) is 0 Å². The van der Waals surface area contributed by atoms with E-state index < -0.39 is 6.10 Å². The highest BCUT2D eigenvalue weighted by Crippen LogP contribution is 2.61. The number of carbonyl (C=O) groups excluding carboxylic acids is 1. The van der Waals surface area contributed by atoms with Gasteiger partial charge in [0.15, 0.2) is 5.78 Å². The molecule has 2 saturated carbocycles. The number of hydrogen-bond donors (Lipinski definition) is 2.